The van der Waals surface area contributed by atoms with Gasteiger partial charge in [-0.1, -0.05) is 82.5 Å². The summed E-state index contributed by atoms with van der Waals surface area (Å²) in [5.41, 5.74) is 0. The summed E-state index contributed by atoms with van der Waals surface area (Å²) in [7, 11) is 0. The number of rotatable bonds is 16. The van der Waals surface area contributed by atoms with E-state index in [2.05, 4.69) is 13.5 Å². The van der Waals surface area contributed by atoms with Crippen molar-refractivity contribution in [3.05, 3.63) is 12.7 Å². The second kappa shape index (κ2) is 17.8. The quantitative estimate of drug-likeness (QED) is 0.227. The second-order valence-electron chi connectivity index (χ2n) is 5.94. The van der Waals surface area contributed by atoms with Gasteiger partial charge in [-0.15, -0.1) is 6.58 Å². The molecule has 0 unspecified atom stereocenters. The third-order valence-electron chi connectivity index (χ3n) is 3.80. The van der Waals surface area contributed by atoms with Crippen LogP contribution in [0.1, 0.15) is 96.8 Å². The molecule has 0 saturated heterocycles. The Bertz CT molecular complexity index is 238. The van der Waals surface area contributed by atoms with Crippen LogP contribution in [0.5, 0.6) is 0 Å². The summed E-state index contributed by atoms with van der Waals surface area (Å²) in [4.78, 5) is 11.7. The normalized spacial score (nSPS) is 10.7. The first-order chi connectivity index (χ1) is 10.3. The molecule has 0 N–H and O–H groups in total. The maximum atomic E-state index is 11.7. The van der Waals surface area contributed by atoms with Crippen LogP contribution in [0, 0.1) is 0 Å². The minimum atomic E-state index is 0.412. The van der Waals surface area contributed by atoms with Gasteiger partial charge in [-0.3, -0.25) is 4.79 Å². The van der Waals surface area contributed by atoms with Gasteiger partial charge in [0.2, 0.25) is 0 Å². The highest BCUT2D eigenvalue weighted by Crippen LogP contribution is 2.15. The fourth-order valence-electron chi connectivity index (χ4n) is 2.41. The number of hydrogen-bond acceptors (Lipinski definition) is 2. The van der Waals surface area contributed by atoms with Gasteiger partial charge in [0.15, 0.2) is 5.12 Å². The van der Waals surface area contributed by atoms with Gasteiger partial charge in [-0.25, -0.2) is 0 Å². The molecule has 0 atom stereocenters. The lowest BCUT2D eigenvalue weighted by Crippen LogP contribution is -1.94. The number of thioether (sulfide) groups is 1. The Morgan fingerprint density at radius 2 is 1.43 bits per heavy atom. The van der Waals surface area contributed by atoms with Crippen LogP contribution in [-0.4, -0.2) is 10.9 Å². The molecular weight excluding hydrogens is 276 g/mol. The van der Waals surface area contributed by atoms with Crippen molar-refractivity contribution >= 4 is 16.9 Å². The molecule has 0 aromatic rings. The topological polar surface area (TPSA) is 17.1 Å². The van der Waals surface area contributed by atoms with E-state index in [0.29, 0.717) is 5.12 Å². The van der Waals surface area contributed by atoms with E-state index < -0.39 is 0 Å². The highest BCUT2D eigenvalue weighted by atomic mass is 32.2. The Kier molecular flexibility index (Phi) is 17.6. The Morgan fingerprint density at radius 3 is 2.10 bits per heavy atom. The zero-order chi connectivity index (χ0) is 15.6. The first-order valence-electron chi connectivity index (χ1n) is 9.07. The average molecular weight is 313 g/mol. The van der Waals surface area contributed by atoms with Crippen molar-refractivity contribution in [2.45, 2.75) is 96.8 Å². The van der Waals surface area contributed by atoms with Gasteiger partial charge in [0, 0.05) is 12.2 Å². The second-order valence-corrected chi connectivity index (χ2v) is 7.09. The molecule has 0 aromatic heterocycles. The molecule has 0 heterocycles. The van der Waals surface area contributed by atoms with E-state index in [1.165, 1.54) is 70.6 Å². The molecule has 124 valence electrons. The molecule has 0 aromatic carbocycles. The van der Waals surface area contributed by atoms with Gasteiger partial charge >= 0.3 is 0 Å². The lowest BCUT2D eigenvalue weighted by molar-refractivity contribution is -0.111. The minimum absolute atomic E-state index is 0.412. The van der Waals surface area contributed by atoms with Crippen molar-refractivity contribution in [3.8, 4) is 0 Å². The molecule has 0 radical (unpaired) electrons. The first kappa shape index (κ1) is 20.8. The van der Waals surface area contributed by atoms with Crippen LogP contribution in [0.2, 0.25) is 0 Å². The molecule has 0 saturated carbocycles. The van der Waals surface area contributed by atoms with E-state index in [4.69, 9.17) is 0 Å². The van der Waals surface area contributed by atoms with Crippen LogP contribution in [0.4, 0.5) is 0 Å². The highest BCUT2D eigenvalue weighted by molar-refractivity contribution is 8.13. The van der Waals surface area contributed by atoms with E-state index in [1.54, 1.807) is 11.8 Å². The average Bonchev–Trinajstić information content (AvgIpc) is 2.49. The molecule has 0 aliphatic carbocycles. The molecule has 0 fully saturated rings. The van der Waals surface area contributed by atoms with E-state index in [-0.39, 0.29) is 0 Å². The van der Waals surface area contributed by atoms with Crippen molar-refractivity contribution in [1.29, 1.82) is 0 Å². The van der Waals surface area contributed by atoms with Gasteiger partial charge in [0.1, 0.15) is 0 Å². The molecule has 2 heteroatoms. The van der Waals surface area contributed by atoms with Crippen molar-refractivity contribution in [3.63, 3.8) is 0 Å². The van der Waals surface area contributed by atoms with Crippen LogP contribution in [0.15, 0.2) is 12.7 Å². The molecule has 0 bridgehead atoms. The van der Waals surface area contributed by atoms with Crippen LogP contribution >= 0.6 is 11.8 Å². The zero-order valence-corrected chi connectivity index (χ0v) is 15.0. The SMILES string of the molecule is C=CCCCCCCCCC(=O)SCCCCCCCC. The van der Waals surface area contributed by atoms with Gasteiger partial charge in [0.25, 0.3) is 0 Å². The third kappa shape index (κ3) is 17.7. The van der Waals surface area contributed by atoms with E-state index in [9.17, 15) is 4.79 Å². The summed E-state index contributed by atoms with van der Waals surface area (Å²) in [6.45, 7) is 5.98. The molecule has 21 heavy (non-hydrogen) atoms. The summed E-state index contributed by atoms with van der Waals surface area (Å²) in [6.07, 6.45) is 19.3. The lowest BCUT2D eigenvalue weighted by Gasteiger charge is -2.02. The van der Waals surface area contributed by atoms with Gasteiger partial charge in [0.05, 0.1) is 0 Å². The van der Waals surface area contributed by atoms with Gasteiger partial charge < -0.3 is 0 Å². The molecule has 0 aliphatic heterocycles. The Morgan fingerprint density at radius 1 is 0.857 bits per heavy atom. The Balaban J connectivity index is 3.14. The van der Waals surface area contributed by atoms with Crippen LogP contribution in [0.3, 0.4) is 0 Å². The molecule has 0 aliphatic rings. The fraction of sp³-hybridized carbons (Fsp3) is 0.842. The number of unbranched alkanes of at least 4 members (excludes halogenated alkanes) is 11. The fourth-order valence-corrected chi connectivity index (χ4v) is 3.27. The molecule has 0 rings (SSSR count). The number of allylic oxidation sites excluding steroid dienone is 1. The predicted octanol–water partition coefficient (Wildman–Crippen LogP) is 6.91. The molecular formula is C19H36OS. The summed E-state index contributed by atoms with van der Waals surface area (Å²) in [5, 5.41) is 0.412. The minimum Gasteiger partial charge on any atom is -0.287 e. The maximum Gasteiger partial charge on any atom is 0.188 e. The molecule has 0 spiro atoms. The number of carbonyl (C=O) groups is 1. The molecule has 1 nitrogen and oxygen atoms in total. The Hall–Kier alpha value is -0.240. The van der Waals surface area contributed by atoms with E-state index >= 15 is 0 Å². The van der Waals surface area contributed by atoms with Crippen LogP contribution in [-0.2, 0) is 4.79 Å². The summed E-state index contributed by atoms with van der Waals surface area (Å²) in [6, 6.07) is 0. The zero-order valence-electron chi connectivity index (χ0n) is 14.2. The predicted molar refractivity (Wildman–Crippen MR) is 98.0 cm³/mol. The third-order valence-corrected chi connectivity index (χ3v) is 4.82. The van der Waals surface area contributed by atoms with Gasteiger partial charge in [-0.2, -0.15) is 0 Å². The van der Waals surface area contributed by atoms with Crippen molar-refractivity contribution in [2.75, 3.05) is 5.75 Å². The van der Waals surface area contributed by atoms with Crippen LogP contribution < -0.4 is 0 Å². The standard InChI is InChI=1S/C19H36OS/c1-3-5-7-9-11-12-13-15-17-19(20)21-18-16-14-10-8-6-4-2/h3H,1,4-18H2,2H3. The van der Waals surface area contributed by atoms with E-state index in [1.807, 2.05) is 6.08 Å². The number of carbonyl (C=O) groups excluding carboxylic acids is 1. The summed E-state index contributed by atoms with van der Waals surface area (Å²) >= 11 is 1.57. The first-order valence-corrected chi connectivity index (χ1v) is 10.1. The largest absolute Gasteiger partial charge is 0.287 e. The van der Waals surface area contributed by atoms with E-state index in [0.717, 1.165) is 25.0 Å². The highest BCUT2D eigenvalue weighted by Gasteiger charge is 2.02. The van der Waals surface area contributed by atoms with Crippen LogP contribution in [0.25, 0.3) is 0 Å². The maximum absolute atomic E-state index is 11.7. The monoisotopic (exact) mass is 312 g/mol. The van der Waals surface area contributed by atoms with Crippen molar-refractivity contribution < 1.29 is 4.79 Å². The molecule has 0 amide bonds. The summed E-state index contributed by atoms with van der Waals surface area (Å²) < 4.78 is 0. The number of hydrogen-bond donors (Lipinski definition) is 0. The van der Waals surface area contributed by atoms with Crippen molar-refractivity contribution in [2.24, 2.45) is 0 Å². The smallest absolute Gasteiger partial charge is 0.188 e. The van der Waals surface area contributed by atoms with Crippen molar-refractivity contribution in [1.82, 2.24) is 0 Å². The van der Waals surface area contributed by atoms with Gasteiger partial charge in [-0.05, 0) is 25.7 Å². The summed E-state index contributed by atoms with van der Waals surface area (Å²) in [5.74, 6) is 1.03. The Labute approximate surface area is 137 Å². The lowest BCUT2D eigenvalue weighted by atomic mass is 10.1.